The molecular weight excluding hydrogens is 419 g/mol. The van der Waals surface area contributed by atoms with E-state index in [1.165, 1.54) is 17.4 Å². The number of thiazole rings is 1. The Hall–Kier alpha value is -2.55. The molecule has 0 saturated carbocycles. The highest BCUT2D eigenvalue weighted by atomic mass is 35.5. The maximum absolute atomic E-state index is 13.3. The van der Waals surface area contributed by atoms with Crippen molar-refractivity contribution in [3.63, 3.8) is 0 Å². The van der Waals surface area contributed by atoms with Crippen LogP contribution in [0, 0.1) is 5.82 Å². The van der Waals surface area contributed by atoms with Gasteiger partial charge in [-0.1, -0.05) is 29.9 Å². The van der Waals surface area contributed by atoms with Crippen molar-refractivity contribution in [2.45, 2.75) is 13.0 Å². The first-order valence-corrected chi connectivity index (χ1v) is 9.93. The van der Waals surface area contributed by atoms with E-state index in [2.05, 4.69) is 15.6 Å². The predicted octanol–water partition coefficient (Wildman–Crippen LogP) is 4.80. The van der Waals surface area contributed by atoms with E-state index < -0.39 is 5.82 Å². The zero-order valence-electron chi connectivity index (χ0n) is 14.7. The highest BCUT2D eigenvalue weighted by Crippen LogP contribution is 2.23. The summed E-state index contributed by atoms with van der Waals surface area (Å²) in [4.78, 5) is 16.5. The fraction of sp³-hybridized carbons (Fsp3) is 0.105. The van der Waals surface area contributed by atoms with Crippen LogP contribution >= 0.6 is 35.2 Å². The van der Waals surface area contributed by atoms with E-state index in [-0.39, 0.29) is 17.0 Å². The first-order chi connectivity index (χ1) is 13.3. The molecule has 2 aromatic carbocycles. The van der Waals surface area contributed by atoms with Gasteiger partial charge in [0.05, 0.1) is 21.9 Å². The molecule has 0 fully saturated rings. The molecule has 0 saturated heterocycles. The second kappa shape index (κ2) is 8.64. The number of carbonyl (C=O) groups is 1. The van der Waals surface area contributed by atoms with Gasteiger partial charge in [-0.3, -0.25) is 4.79 Å². The summed E-state index contributed by atoms with van der Waals surface area (Å²) in [5.41, 5.74) is 10.3. The number of benzene rings is 2. The van der Waals surface area contributed by atoms with Gasteiger partial charge in [0.15, 0.2) is 0 Å². The smallest absolute Gasteiger partial charge is 0.275 e. The molecule has 0 aliphatic heterocycles. The monoisotopic (exact) mass is 434 g/mol. The third-order valence-electron chi connectivity index (χ3n) is 4.02. The number of nitrogens with zero attached hydrogens (tertiary/aromatic N) is 1. The Balaban J connectivity index is 1.69. The van der Waals surface area contributed by atoms with Crippen molar-refractivity contribution in [1.82, 2.24) is 10.3 Å². The molecule has 1 atom stereocenters. The van der Waals surface area contributed by atoms with Crippen molar-refractivity contribution in [2.24, 2.45) is 0 Å². The Morgan fingerprint density at radius 1 is 1.32 bits per heavy atom. The van der Waals surface area contributed by atoms with Gasteiger partial charge in [0.1, 0.15) is 16.5 Å². The maximum Gasteiger partial charge on any atom is 0.275 e. The molecule has 28 heavy (non-hydrogen) atoms. The molecule has 0 radical (unpaired) electrons. The number of aromatic nitrogens is 1. The van der Waals surface area contributed by atoms with E-state index in [0.29, 0.717) is 27.6 Å². The number of hydrogen-bond acceptors (Lipinski definition) is 5. The van der Waals surface area contributed by atoms with E-state index in [1.807, 2.05) is 6.92 Å². The molecule has 1 heterocycles. The standard InChI is InChI=1S/C19H16ClFN4OS2/c1-10(11-2-4-14(21)13(20)6-11)24-19(27)12-3-5-16(15(22)7-12)25-18(26)17-8-28-9-23-17/h2-10H,22H2,1H3,(H,24,27)(H,25,26). The van der Waals surface area contributed by atoms with Gasteiger partial charge < -0.3 is 16.4 Å². The molecule has 1 amide bonds. The van der Waals surface area contributed by atoms with Gasteiger partial charge >= 0.3 is 0 Å². The molecule has 1 aromatic heterocycles. The second-order valence-corrected chi connectivity index (χ2v) is 7.53. The summed E-state index contributed by atoms with van der Waals surface area (Å²) in [6.07, 6.45) is 0. The molecular formula is C19H16ClFN4OS2. The lowest BCUT2D eigenvalue weighted by Gasteiger charge is -2.18. The van der Waals surface area contributed by atoms with Crippen LogP contribution in [0.3, 0.4) is 0 Å². The molecule has 0 aliphatic rings. The number of thiocarbonyl (C=S) groups is 1. The lowest BCUT2D eigenvalue weighted by molar-refractivity contribution is 0.102. The van der Waals surface area contributed by atoms with Crippen LogP contribution in [0.4, 0.5) is 15.8 Å². The van der Waals surface area contributed by atoms with Gasteiger partial charge in [-0.2, -0.15) is 0 Å². The van der Waals surface area contributed by atoms with E-state index >= 15 is 0 Å². The average molecular weight is 435 g/mol. The van der Waals surface area contributed by atoms with Crippen LogP contribution in [0.1, 0.15) is 34.6 Å². The summed E-state index contributed by atoms with van der Waals surface area (Å²) in [6, 6.07) is 9.45. The summed E-state index contributed by atoms with van der Waals surface area (Å²) in [7, 11) is 0. The van der Waals surface area contributed by atoms with Gasteiger partial charge in [0.25, 0.3) is 5.91 Å². The topological polar surface area (TPSA) is 80.0 Å². The summed E-state index contributed by atoms with van der Waals surface area (Å²) in [5, 5.41) is 7.60. The molecule has 3 aromatic rings. The zero-order chi connectivity index (χ0) is 20.3. The fourth-order valence-corrected chi connectivity index (χ4v) is 3.50. The molecule has 5 nitrogen and oxygen atoms in total. The Bertz CT molecular complexity index is 1030. The molecule has 0 bridgehead atoms. The first-order valence-electron chi connectivity index (χ1n) is 8.20. The van der Waals surface area contributed by atoms with Gasteiger partial charge in [-0.25, -0.2) is 9.37 Å². The van der Waals surface area contributed by atoms with Gasteiger partial charge in [0, 0.05) is 17.0 Å². The van der Waals surface area contributed by atoms with Crippen LogP contribution in [-0.4, -0.2) is 15.9 Å². The minimum absolute atomic E-state index is 0.0570. The molecule has 144 valence electrons. The largest absolute Gasteiger partial charge is 0.397 e. The SMILES string of the molecule is CC(NC(=S)c1ccc(NC(=O)c2cscn2)c(N)c1)c1ccc(F)c(Cl)c1. The normalized spacial score (nSPS) is 11.7. The van der Waals surface area contributed by atoms with Crippen LogP contribution in [-0.2, 0) is 0 Å². The molecule has 3 rings (SSSR count). The predicted molar refractivity (Wildman–Crippen MR) is 116 cm³/mol. The van der Waals surface area contributed by atoms with Crippen molar-refractivity contribution < 1.29 is 9.18 Å². The van der Waals surface area contributed by atoms with Gasteiger partial charge in [-0.05, 0) is 42.8 Å². The number of anilines is 2. The summed E-state index contributed by atoms with van der Waals surface area (Å²) in [5.74, 6) is -0.800. The van der Waals surface area contributed by atoms with E-state index in [0.717, 1.165) is 5.56 Å². The van der Waals surface area contributed by atoms with E-state index in [4.69, 9.17) is 29.6 Å². The number of nitrogens with one attached hydrogen (secondary N) is 2. The minimum Gasteiger partial charge on any atom is -0.397 e. The number of carbonyl (C=O) groups excluding carboxylic acids is 1. The van der Waals surface area contributed by atoms with Crippen LogP contribution in [0.25, 0.3) is 0 Å². The minimum atomic E-state index is -0.469. The average Bonchev–Trinajstić information content (AvgIpc) is 3.20. The summed E-state index contributed by atoms with van der Waals surface area (Å²) >= 11 is 12.6. The quantitative estimate of drug-likeness (QED) is 0.397. The Morgan fingerprint density at radius 3 is 2.75 bits per heavy atom. The molecule has 1 unspecified atom stereocenters. The zero-order valence-corrected chi connectivity index (χ0v) is 17.1. The number of halogens is 2. The van der Waals surface area contributed by atoms with Crippen molar-refractivity contribution in [1.29, 1.82) is 0 Å². The third-order valence-corrected chi connectivity index (χ3v) is 5.25. The first kappa shape index (κ1) is 20.2. The number of nitrogen functional groups attached to an aromatic ring is 1. The summed E-state index contributed by atoms with van der Waals surface area (Å²) in [6.45, 7) is 1.89. The van der Waals surface area contributed by atoms with E-state index in [9.17, 15) is 9.18 Å². The Labute approximate surface area is 175 Å². The lowest BCUT2D eigenvalue weighted by atomic mass is 10.1. The fourth-order valence-electron chi connectivity index (χ4n) is 2.47. The maximum atomic E-state index is 13.3. The van der Waals surface area contributed by atoms with Gasteiger partial charge in [-0.15, -0.1) is 11.3 Å². The van der Waals surface area contributed by atoms with Crippen LogP contribution < -0.4 is 16.4 Å². The molecule has 0 aliphatic carbocycles. The third kappa shape index (κ3) is 4.64. The van der Waals surface area contributed by atoms with Gasteiger partial charge in [0.2, 0.25) is 0 Å². The number of amides is 1. The van der Waals surface area contributed by atoms with Crippen molar-refractivity contribution >= 4 is 57.4 Å². The highest BCUT2D eigenvalue weighted by molar-refractivity contribution is 7.80. The molecule has 9 heteroatoms. The molecule has 0 spiro atoms. The Kier molecular flexibility index (Phi) is 6.23. The number of nitrogens with two attached hydrogens (primary N) is 1. The number of rotatable bonds is 5. The van der Waals surface area contributed by atoms with Crippen molar-refractivity contribution in [2.75, 3.05) is 11.1 Å². The Morgan fingerprint density at radius 2 is 2.11 bits per heavy atom. The van der Waals surface area contributed by atoms with Crippen molar-refractivity contribution in [3.8, 4) is 0 Å². The molecule has 4 N–H and O–H groups in total. The van der Waals surface area contributed by atoms with Crippen molar-refractivity contribution in [3.05, 3.63) is 74.9 Å². The number of hydrogen-bond donors (Lipinski definition) is 3. The highest BCUT2D eigenvalue weighted by Gasteiger charge is 2.13. The van der Waals surface area contributed by atoms with E-state index in [1.54, 1.807) is 41.2 Å². The lowest BCUT2D eigenvalue weighted by Crippen LogP contribution is -2.26. The second-order valence-electron chi connectivity index (χ2n) is 6.00. The van der Waals surface area contributed by atoms with Crippen LogP contribution in [0.5, 0.6) is 0 Å². The van der Waals surface area contributed by atoms with Crippen LogP contribution in [0.2, 0.25) is 5.02 Å². The summed E-state index contributed by atoms with van der Waals surface area (Å²) < 4.78 is 13.3. The van der Waals surface area contributed by atoms with Crippen LogP contribution in [0.15, 0.2) is 47.3 Å².